The largest absolute Gasteiger partial charge is 0.492 e. The van der Waals surface area contributed by atoms with E-state index in [0.29, 0.717) is 24.2 Å². The van der Waals surface area contributed by atoms with Crippen LogP contribution in [0.2, 0.25) is 0 Å². The molecular weight excluding hydrogens is 204 g/mol. The van der Waals surface area contributed by atoms with E-state index in [2.05, 4.69) is 6.92 Å². The maximum absolute atomic E-state index is 10.9. The van der Waals surface area contributed by atoms with Gasteiger partial charge in [0.15, 0.2) is 0 Å². The normalized spacial score (nSPS) is 23.6. The number of benzene rings is 1. The number of ether oxygens (including phenoxy) is 1. The van der Waals surface area contributed by atoms with Crippen LogP contribution in [0.4, 0.5) is 0 Å². The van der Waals surface area contributed by atoms with Gasteiger partial charge in [0.25, 0.3) is 0 Å². The predicted octanol–water partition coefficient (Wildman–Crippen LogP) is 2.81. The van der Waals surface area contributed by atoms with Crippen molar-refractivity contribution in [2.75, 3.05) is 6.61 Å². The monoisotopic (exact) mass is 220 g/mol. The zero-order valence-corrected chi connectivity index (χ0v) is 9.35. The highest BCUT2D eigenvalue weighted by Crippen LogP contribution is 2.34. The fourth-order valence-electron chi connectivity index (χ4n) is 1.95. The summed E-state index contributed by atoms with van der Waals surface area (Å²) in [7, 11) is 0. The minimum Gasteiger partial charge on any atom is -0.492 e. The Balaban J connectivity index is 2.00. The molecule has 0 unspecified atom stereocenters. The molecule has 86 valence electrons. The van der Waals surface area contributed by atoms with Crippen LogP contribution in [0.3, 0.4) is 0 Å². The van der Waals surface area contributed by atoms with Gasteiger partial charge < -0.3 is 9.84 Å². The summed E-state index contributed by atoms with van der Waals surface area (Å²) < 4.78 is 5.59. The Bertz CT molecular complexity index is 387. The average molecular weight is 220 g/mol. The number of carbonyl (C=O) groups is 1. The highest BCUT2D eigenvalue weighted by Gasteiger charge is 2.27. The van der Waals surface area contributed by atoms with Crippen molar-refractivity contribution in [3.8, 4) is 5.75 Å². The van der Waals surface area contributed by atoms with E-state index in [1.807, 2.05) is 0 Å². The minimum absolute atomic E-state index is 0.245. The molecule has 1 aromatic carbocycles. The van der Waals surface area contributed by atoms with Crippen LogP contribution in [0.15, 0.2) is 24.3 Å². The van der Waals surface area contributed by atoms with Gasteiger partial charge >= 0.3 is 5.97 Å². The van der Waals surface area contributed by atoms with Crippen molar-refractivity contribution in [2.45, 2.75) is 19.8 Å². The third kappa shape index (κ3) is 2.18. The summed E-state index contributed by atoms with van der Waals surface area (Å²) in [5.74, 6) is 0.838. The van der Waals surface area contributed by atoms with Gasteiger partial charge in [-0.3, -0.25) is 0 Å². The van der Waals surface area contributed by atoms with E-state index in [0.717, 1.165) is 0 Å². The summed E-state index contributed by atoms with van der Waals surface area (Å²) in [5, 5.41) is 8.97. The molecule has 1 saturated carbocycles. The van der Waals surface area contributed by atoms with Crippen LogP contribution in [0.1, 0.15) is 30.1 Å². The predicted molar refractivity (Wildman–Crippen MR) is 60.8 cm³/mol. The second-order valence-electron chi connectivity index (χ2n) is 4.43. The molecule has 1 aliphatic rings. The Kier molecular flexibility index (Phi) is 3.13. The van der Waals surface area contributed by atoms with Crippen molar-refractivity contribution in [3.05, 3.63) is 29.8 Å². The lowest BCUT2D eigenvalue weighted by Gasteiger charge is -2.33. The van der Waals surface area contributed by atoms with Crippen LogP contribution in [0, 0.1) is 11.8 Å². The molecule has 1 N–H and O–H groups in total. The Morgan fingerprint density at radius 1 is 1.44 bits per heavy atom. The van der Waals surface area contributed by atoms with Gasteiger partial charge in [-0.2, -0.15) is 0 Å². The molecule has 3 heteroatoms. The molecule has 0 spiro atoms. The van der Waals surface area contributed by atoms with Crippen molar-refractivity contribution in [1.29, 1.82) is 0 Å². The number of carboxylic acids is 1. The zero-order valence-electron chi connectivity index (χ0n) is 9.35. The average Bonchev–Trinajstić information content (AvgIpc) is 2.27. The Hall–Kier alpha value is -1.51. The molecule has 0 saturated heterocycles. The zero-order chi connectivity index (χ0) is 11.5. The van der Waals surface area contributed by atoms with E-state index < -0.39 is 5.97 Å². The Morgan fingerprint density at radius 3 is 2.75 bits per heavy atom. The van der Waals surface area contributed by atoms with Gasteiger partial charge in [-0.15, -0.1) is 0 Å². The van der Waals surface area contributed by atoms with E-state index in [-0.39, 0.29) is 5.56 Å². The molecule has 1 fully saturated rings. The summed E-state index contributed by atoms with van der Waals surface area (Å²) >= 11 is 0. The van der Waals surface area contributed by atoms with Crippen LogP contribution in [0.25, 0.3) is 0 Å². The van der Waals surface area contributed by atoms with Crippen molar-refractivity contribution in [2.24, 2.45) is 11.8 Å². The summed E-state index contributed by atoms with van der Waals surface area (Å²) in [4.78, 5) is 10.9. The summed E-state index contributed by atoms with van der Waals surface area (Å²) in [6.07, 6.45) is 2.45. The highest BCUT2D eigenvalue weighted by atomic mass is 16.5. The van der Waals surface area contributed by atoms with Gasteiger partial charge in [0, 0.05) is 0 Å². The smallest absolute Gasteiger partial charge is 0.339 e. The molecule has 0 aliphatic heterocycles. The number of para-hydroxylation sites is 1. The molecule has 1 aliphatic carbocycles. The van der Waals surface area contributed by atoms with Crippen LogP contribution in [0.5, 0.6) is 5.75 Å². The van der Waals surface area contributed by atoms with Gasteiger partial charge in [0.05, 0.1) is 6.61 Å². The molecule has 16 heavy (non-hydrogen) atoms. The molecule has 1 aromatic rings. The third-order valence-electron chi connectivity index (χ3n) is 3.37. The van der Waals surface area contributed by atoms with Crippen molar-refractivity contribution in [1.82, 2.24) is 0 Å². The molecule has 0 bridgehead atoms. The fourth-order valence-corrected chi connectivity index (χ4v) is 1.95. The Labute approximate surface area is 95.0 Å². The molecule has 0 amide bonds. The molecule has 0 radical (unpaired) electrons. The topological polar surface area (TPSA) is 46.5 Å². The third-order valence-corrected chi connectivity index (χ3v) is 3.37. The van der Waals surface area contributed by atoms with E-state index in [4.69, 9.17) is 9.84 Å². The molecule has 0 heterocycles. The first-order chi connectivity index (χ1) is 7.68. The van der Waals surface area contributed by atoms with Crippen LogP contribution in [-0.4, -0.2) is 17.7 Å². The van der Waals surface area contributed by atoms with Crippen molar-refractivity contribution >= 4 is 5.97 Å². The SMILES string of the molecule is C[C@@H]1CC[C@H]1COc1ccccc1C(=O)O. The van der Waals surface area contributed by atoms with Gasteiger partial charge in [0.1, 0.15) is 11.3 Å². The lowest BCUT2D eigenvalue weighted by Crippen LogP contribution is -2.28. The van der Waals surface area contributed by atoms with Gasteiger partial charge in [0.2, 0.25) is 0 Å². The standard InChI is InChI=1S/C13H16O3/c1-9-6-7-10(9)8-16-12-5-3-2-4-11(12)13(14)15/h2-5,9-10H,6-8H2,1H3,(H,14,15)/t9-,10+/m1/s1. The first-order valence-electron chi connectivity index (χ1n) is 5.63. The van der Waals surface area contributed by atoms with Crippen LogP contribution in [-0.2, 0) is 0 Å². The first-order valence-corrected chi connectivity index (χ1v) is 5.63. The maximum Gasteiger partial charge on any atom is 0.339 e. The van der Waals surface area contributed by atoms with Crippen molar-refractivity contribution < 1.29 is 14.6 Å². The summed E-state index contributed by atoms with van der Waals surface area (Å²) in [5.41, 5.74) is 0.245. The lowest BCUT2D eigenvalue weighted by atomic mass is 9.75. The first kappa shape index (κ1) is 11.0. The van der Waals surface area contributed by atoms with Crippen LogP contribution >= 0.6 is 0 Å². The number of carboxylic acid groups (broad SMARTS) is 1. The van der Waals surface area contributed by atoms with E-state index >= 15 is 0 Å². The second kappa shape index (κ2) is 4.56. The molecule has 2 atom stereocenters. The number of rotatable bonds is 4. The van der Waals surface area contributed by atoms with Gasteiger partial charge in [-0.05, 0) is 36.8 Å². The van der Waals surface area contributed by atoms with E-state index in [1.54, 1.807) is 24.3 Å². The molecule has 0 aromatic heterocycles. The number of hydrogen-bond donors (Lipinski definition) is 1. The second-order valence-corrected chi connectivity index (χ2v) is 4.43. The lowest BCUT2D eigenvalue weighted by molar-refractivity contribution is 0.0685. The number of hydrogen-bond acceptors (Lipinski definition) is 2. The minimum atomic E-state index is -0.933. The highest BCUT2D eigenvalue weighted by molar-refractivity contribution is 5.90. The maximum atomic E-state index is 10.9. The van der Waals surface area contributed by atoms with Gasteiger partial charge in [-0.1, -0.05) is 19.1 Å². The van der Waals surface area contributed by atoms with Gasteiger partial charge in [-0.25, -0.2) is 4.79 Å². The summed E-state index contributed by atoms with van der Waals surface area (Å²) in [6, 6.07) is 6.79. The number of aromatic carboxylic acids is 1. The quantitative estimate of drug-likeness (QED) is 0.848. The van der Waals surface area contributed by atoms with Crippen LogP contribution < -0.4 is 4.74 Å². The van der Waals surface area contributed by atoms with E-state index in [1.165, 1.54) is 12.8 Å². The van der Waals surface area contributed by atoms with E-state index in [9.17, 15) is 4.79 Å². The Morgan fingerprint density at radius 2 is 2.19 bits per heavy atom. The molecule has 3 nitrogen and oxygen atoms in total. The molecule has 2 rings (SSSR count). The van der Waals surface area contributed by atoms with Crippen molar-refractivity contribution in [3.63, 3.8) is 0 Å². The summed E-state index contributed by atoms with van der Waals surface area (Å²) in [6.45, 7) is 2.84. The fraction of sp³-hybridized carbons (Fsp3) is 0.462. The molecular formula is C13H16O3.